The van der Waals surface area contributed by atoms with Crippen LogP contribution in [0.15, 0.2) is 48.7 Å². The number of nitrogens with one attached hydrogen (secondary N) is 2. The highest BCUT2D eigenvalue weighted by Gasteiger charge is 2.21. The summed E-state index contributed by atoms with van der Waals surface area (Å²) in [7, 11) is 2.11. The zero-order chi connectivity index (χ0) is 22.8. The minimum Gasteiger partial charge on any atom is -0.474 e. The third-order valence-electron chi connectivity index (χ3n) is 5.66. The van der Waals surface area contributed by atoms with Crippen molar-refractivity contribution in [3.8, 4) is 5.88 Å². The monoisotopic (exact) mass is 438 g/mol. The van der Waals surface area contributed by atoms with E-state index in [1.54, 1.807) is 18.3 Å². The number of hydrogen-bond donors (Lipinski definition) is 2. The predicted molar refractivity (Wildman–Crippen MR) is 126 cm³/mol. The number of ether oxygens (including phenoxy) is 1. The summed E-state index contributed by atoms with van der Waals surface area (Å²) in [5, 5.41) is 5.77. The third-order valence-corrected chi connectivity index (χ3v) is 5.66. The van der Waals surface area contributed by atoms with Crippen LogP contribution in [0, 0.1) is 0 Å². The maximum Gasteiger partial charge on any atom is 0.246 e. The quantitative estimate of drug-likeness (QED) is 0.594. The summed E-state index contributed by atoms with van der Waals surface area (Å²) >= 11 is 0. The number of likely N-dealkylation sites (tertiary alicyclic amines) is 1. The summed E-state index contributed by atoms with van der Waals surface area (Å²) in [6.07, 6.45) is 6.39. The second-order valence-corrected chi connectivity index (χ2v) is 8.42. The van der Waals surface area contributed by atoms with Gasteiger partial charge in [-0.05, 0) is 37.9 Å². The number of rotatable bonds is 10. The van der Waals surface area contributed by atoms with Gasteiger partial charge in [0.1, 0.15) is 12.1 Å². The summed E-state index contributed by atoms with van der Waals surface area (Å²) in [4.78, 5) is 32.0. The van der Waals surface area contributed by atoms with E-state index in [9.17, 15) is 9.59 Å². The van der Waals surface area contributed by atoms with Gasteiger partial charge in [0.25, 0.3) is 0 Å². The summed E-state index contributed by atoms with van der Waals surface area (Å²) in [6.45, 7) is 4.11. The molecule has 3 rings (SSSR count). The number of carbonyl (C=O) groups is 2. The van der Waals surface area contributed by atoms with Crippen LogP contribution in [-0.2, 0) is 16.0 Å². The second-order valence-electron chi connectivity index (χ2n) is 8.42. The number of aromatic nitrogens is 1. The lowest BCUT2D eigenvalue weighted by atomic mass is 10.1. The van der Waals surface area contributed by atoms with Crippen molar-refractivity contribution in [1.29, 1.82) is 0 Å². The van der Waals surface area contributed by atoms with Gasteiger partial charge >= 0.3 is 0 Å². The van der Waals surface area contributed by atoms with Crippen LogP contribution in [0.2, 0.25) is 0 Å². The number of piperidine rings is 1. The zero-order valence-corrected chi connectivity index (χ0v) is 19.0. The van der Waals surface area contributed by atoms with E-state index in [1.165, 1.54) is 0 Å². The first-order valence-electron chi connectivity index (χ1n) is 11.5. The Morgan fingerprint density at radius 1 is 1.16 bits per heavy atom. The SMILES string of the molecule is CCCCC(NC(=O)Cc1ccccc1)C(=O)Nc1ccc(OC2CCN(C)CC2)nc1. The summed E-state index contributed by atoms with van der Waals surface area (Å²) < 4.78 is 5.97. The second kappa shape index (κ2) is 12.2. The molecule has 0 saturated carbocycles. The normalized spacial score (nSPS) is 15.7. The average molecular weight is 439 g/mol. The topological polar surface area (TPSA) is 83.6 Å². The van der Waals surface area contributed by atoms with E-state index in [0.29, 0.717) is 18.0 Å². The lowest BCUT2D eigenvalue weighted by Crippen LogP contribution is -2.44. The first-order chi connectivity index (χ1) is 15.5. The van der Waals surface area contributed by atoms with E-state index in [1.807, 2.05) is 30.3 Å². The molecule has 2 N–H and O–H groups in total. The molecule has 172 valence electrons. The van der Waals surface area contributed by atoms with Crippen LogP contribution in [0.1, 0.15) is 44.6 Å². The Hall–Kier alpha value is -2.93. The fourth-order valence-electron chi connectivity index (χ4n) is 3.73. The van der Waals surface area contributed by atoms with Gasteiger partial charge in [0, 0.05) is 19.2 Å². The molecule has 1 aromatic heterocycles. The van der Waals surface area contributed by atoms with E-state index in [4.69, 9.17) is 4.74 Å². The Labute approximate surface area is 190 Å². The van der Waals surface area contributed by atoms with Crippen molar-refractivity contribution in [2.45, 2.75) is 57.6 Å². The molecule has 0 spiro atoms. The number of pyridine rings is 1. The van der Waals surface area contributed by atoms with Crippen LogP contribution >= 0.6 is 0 Å². The summed E-state index contributed by atoms with van der Waals surface area (Å²) in [6, 6.07) is 12.5. The molecular weight excluding hydrogens is 404 g/mol. The van der Waals surface area contributed by atoms with Gasteiger partial charge < -0.3 is 20.3 Å². The molecule has 1 aromatic carbocycles. The molecule has 32 heavy (non-hydrogen) atoms. The predicted octanol–water partition coefficient (Wildman–Crippen LogP) is 3.41. The van der Waals surface area contributed by atoms with Gasteiger partial charge in [-0.2, -0.15) is 0 Å². The van der Waals surface area contributed by atoms with Gasteiger partial charge in [0.15, 0.2) is 0 Å². The van der Waals surface area contributed by atoms with Crippen molar-refractivity contribution in [2.24, 2.45) is 0 Å². The standard InChI is InChI=1S/C25H34N4O3/c1-3-4-10-22(28-23(30)17-19-8-6-5-7-9-19)25(31)27-20-11-12-24(26-18-20)32-21-13-15-29(2)16-14-21/h5-9,11-12,18,21-22H,3-4,10,13-17H2,1-2H3,(H,27,31)(H,28,30). The van der Waals surface area contributed by atoms with Crippen LogP contribution in [0.3, 0.4) is 0 Å². The van der Waals surface area contributed by atoms with Crippen LogP contribution in [-0.4, -0.2) is 54.0 Å². The maximum absolute atomic E-state index is 12.8. The number of unbranched alkanes of at least 4 members (excludes halogenated alkanes) is 1. The van der Waals surface area contributed by atoms with Crippen LogP contribution in [0.5, 0.6) is 5.88 Å². The van der Waals surface area contributed by atoms with Crippen molar-refractivity contribution in [3.63, 3.8) is 0 Å². The Bertz CT molecular complexity index is 849. The fourth-order valence-corrected chi connectivity index (χ4v) is 3.73. The van der Waals surface area contributed by atoms with Crippen LogP contribution in [0.25, 0.3) is 0 Å². The van der Waals surface area contributed by atoms with E-state index in [-0.39, 0.29) is 24.3 Å². The van der Waals surface area contributed by atoms with E-state index < -0.39 is 6.04 Å². The molecule has 0 bridgehead atoms. The first-order valence-corrected chi connectivity index (χ1v) is 11.5. The fraction of sp³-hybridized carbons (Fsp3) is 0.480. The summed E-state index contributed by atoms with van der Waals surface area (Å²) in [5.41, 5.74) is 1.51. The van der Waals surface area contributed by atoms with Gasteiger partial charge in [-0.3, -0.25) is 9.59 Å². The van der Waals surface area contributed by atoms with E-state index in [0.717, 1.165) is 44.3 Å². The molecule has 1 aliphatic rings. The molecule has 1 saturated heterocycles. The van der Waals surface area contributed by atoms with Crippen molar-refractivity contribution in [3.05, 3.63) is 54.2 Å². The molecule has 2 aromatic rings. The largest absolute Gasteiger partial charge is 0.474 e. The van der Waals surface area contributed by atoms with Crippen LogP contribution in [0.4, 0.5) is 5.69 Å². The molecular formula is C25H34N4O3. The molecule has 1 unspecified atom stereocenters. The Morgan fingerprint density at radius 3 is 2.56 bits per heavy atom. The van der Waals surface area contributed by atoms with Gasteiger partial charge in [0.05, 0.1) is 18.3 Å². The molecule has 2 amide bonds. The Kier molecular flexibility index (Phi) is 9.04. The maximum atomic E-state index is 12.8. The van der Waals surface area contributed by atoms with E-state index in [2.05, 4.69) is 34.5 Å². The molecule has 7 nitrogen and oxygen atoms in total. The number of carbonyl (C=O) groups excluding carboxylic acids is 2. The molecule has 0 aliphatic carbocycles. The molecule has 7 heteroatoms. The highest BCUT2D eigenvalue weighted by molar-refractivity contribution is 5.97. The first kappa shape index (κ1) is 23.7. The minimum absolute atomic E-state index is 0.160. The zero-order valence-electron chi connectivity index (χ0n) is 19.0. The van der Waals surface area contributed by atoms with Crippen LogP contribution < -0.4 is 15.4 Å². The highest BCUT2D eigenvalue weighted by atomic mass is 16.5. The van der Waals surface area contributed by atoms with Gasteiger partial charge in [-0.15, -0.1) is 0 Å². The summed E-state index contributed by atoms with van der Waals surface area (Å²) in [5.74, 6) is 0.175. The highest BCUT2D eigenvalue weighted by Crippen LogP contribution is 2.18. The van der Waals surface area contributed by atoms with Gasteiger partial charge in [-0.1, -0.05) is 50.1 Å². The molecule has 0 radical (unpaired) electrons. The van der Waals surface area contributed by atoms with Crippen molar-refractivity contribution in [1.82, 2.24) is 15.2 Å². The molecule has 1 fully saturated rings. The smallest absolute Gasteiger partial charge is 0.246 e. The number of amides is 2. The van der Waals surface area contributed by atoms with Crippen molar-refractivity contribution >= 4 is 17.5 Å². The lowest BCUT2D eigenvalue weighted by molar-refractivity contribution is -0.126. The van der Waals surface area contributed by atoms with Gasteiger partial charge in [0.2, 0.25) is 17.7 Å². The third kappa shape index (κ3) is 7.64. The number of benzene rings is 1. The average Bonchev–Trinajstić information content (AvgIpc) is 2.80. The number of hydrogen-bond acceptors (Lipinski definition) is 5. The van der Waals surface area contributed by atoms with E-state index >= 15 is 0 Å². The Balaban J connectivity index is 1.53. The minimum atomic E-state index is -0.582. The molecule has 2 heterocycles. The molecule has 1 aliphatic heterocycles. The van der Waals surface area contributed by atoms with Crippen molar-refractivity contribution < 1.29 is 14.3 Å². The lowest BCUT2D eigenvalue weighted by Gasteiger charge is -2.28. The van der Waals surface area contributed by atoms with Crippen molar-refractivity contribution in [2.75, 3.05) is 25.5 Å². The molecule has 1 atom stereocenters. The number of anilines is 1. The Morgan fingerprint density at radius 2 is 1.91 bits per heavy atom. The number of nitrogens with zero attached hydrogens (tertiary/aromatic N) is 2. The van der Waals surface area contributed by atoms with Gasteiger partial charge in [-0.25, -0.2) is 4.98 Å².